The van der Waals surface area contributed by atoms with Crippen molar-refractivity contribution in [3.63, 3.8) is 0 Å². The van der Waals surface area contributed by atoms with Crippen molar-refractivity contribution in [1.29, 1.82) is 0 Å². The lowest BCUT2D eigenvalue weighted by Gasteiger charge is -2.16. The third-order valence-corrected chi connectivity index (χ3v) is 25.4. The molecule has 10 nitrogen and oxygen atoms in total. The molecule has 0 aliphatic carbocycles. The molecule has 18 aromatic carbocycles. The lowest BCUT2D eigenvalue weighted by atomic mass is 9.93. The highest BCUT2D eigenvalue weighted by Gasteiger charge is 2.25. The van der Waals surface area contributed by atoms with Crippen LogP contribution in [0, 0.1) is 0 Å². The monoisotopic (exact) mass is 1610 g/mol. The summed E-state index contributed by atoms with van der Waals surface area (Å²) in [6.45, 7) is 0. The normalized spacial score (nSPS) is 12.0. The number of hydrogen-bond donors (Lipinski definition) is 0. The van der Waals surface area contributed by atoms with Gasteiger partial charge in [0.05, 0.1) is 56.2 Å². The highest BCUT2D eigenvalue weighted by molar-refractivity contribution is 6.14. The first-order valence-corrected chi connectivity index (χ1v) is 42.5. The van der Waals surface area contributed by atoms with E-state index in [-0.39, 0.29) is 0 Å². The van der Waals surface area contributed by atoms with Crippen molar-refractivity contribution >= 4 is 131 Å². The summed E-state index contributed by atoms with van der Waals surface area (Å²) in [5.41, 5.74) is 31.9. The maximum atomic E-state index is 6.92. The number of furan rings is 4. The van der Waals surface area contributed by atoms with Crippen molar-refractivity contribution in [2.45, 2.75) is 0 Å². The second-order valence-electron chi connectivity index (χ2n) is 32.7. The van der Waals surface area contributed by atoms with Gasteiger partial charge in [0, 0.05) is 98.0 Å². The predicted octanol–water partition coefficient (Wildman–Crippen LogP) is 31.4. The number of nitrogens with zero attached hydrogens (tertiary/aromatic N) is 6. The fourth-order valence-corrected chi connectivity index (χ4v) is 19.3. The molecule has 26 aromatic rings. The first kappa shape index (κ1) is 70.7. The minimum Gasteiger partial charge on any atom is -0.456 e. The van der Waals surface area contributed by atoms with Crippen LogP contribution in [0.5, 0.6) is 0 Å². The Morgan fingerprint density at radius 3 is 0.841 bits per heavy atom. The fraction of sp³-hybridized carbons (Fsp3) is 0. The largest absolute Gasteiger partial charge is 0.456 e. The number of aromatic nitrogens is 6. The Kier molecular flexibility index (Phi) is 15.9. The van der Waals surface area contributed by atoms with E-state index in [9.17, 15) is 0 Å². The van der Waals surface area contributed by atoms with E-state index in [1.54, 1.807) is 0 Å². The molecular weight excluding hydrogens is 1540 g/mol. The van der Waals surface area contributed by atoms with E-state index < -0.39 is 0 Å². The van der Waals surface area contributed by atoms with Gasteiger partial charge in [0.1, 0.15) is 44.7 Å². The van der Waals surface area contributed by atoms with Crippen LogP contribution in [0.3, 0.4) is 0 Å². The van der Waals surface area contributed by atoms with Gasteiger partial charge in [-0.1, -0.05) is 249 Å². The van der Waals surface area contributed by atoms with Crippen molar-refractivity contribution in [1.82, 2.24) is 29.1 Å². The molecule has 8 aromatic heterocycles. The van der Waals surface area contributed by atoms with Gasteiger partial charge in [-0.15, -0.1) is 0 Å². The number of fused-ring (bicyclic) bond motifs is 18. The molecule has 0 amide bonds. The molecule has 0 atom stereocenters. The summed E-state index contributed by atoms with van der Waals surface area (Å²) in [5.74, 6) is 1.20. The molecule has 0 unspecified atom stereocenters. The summed E-state index contributed by atoms with van der Waals surface area (Å²) in [6.07, 6.45) is 0. The first-order valence-electron chi connectivity index (χ1n) is 42.5. The van der Waals surface area contributed by atoms with Gasteiger partial charge >= 0.3 is 0 Å². The SMILES string of the molecule is c1ccc(-c2nc(-c3cc(-c4ccc5oc6ccccc6c5c4)cc(-c4ccc5oc6cc(-c7ccc(-c8nc(-c9cc(-c%10ccc%11c(c%10)oc%10ccccc%10%11)cc(-c%10ccc%11c(c%10)oc%10ccccc%10%11)c9)cc(-c9ccccc9-n9c%10ccccc%10c%10ccccc%109)n8)cc7)ccc6c5c4)c3)cc(-c3ccccc3-n3c4ccccc4c4ccccc43)n2)cc1. The van der Waals surface area contributed by atoms with Crippen molar-refractivity contribution in [3.05, 3.63) is 413 Å². The van der Waals surface area contributed by atoms with E-state index in [0.717, 1.165) is 233 Å². The average Bonchev–Trinajstić information content (AvgIpc) is 1.57. The number of benzene rings is 18. The number of para-hydroxylation sites is 9. The fourth-order valence-electron chi connectivity index (χ4n) is 19.3. The van der Waals surface area contributed by atoms with Gasteiger partial charge in [0.25, 0.3) is 0 Å². The molecule has 0 saturated carbocycles. The second-order valence-corrected chi connectivity index (χ2v) is 32.7. The summed E-state index contributed by atoms with van der Waals surface area (Å²) >= 11 is 0. The van der Waals surface area contributed by atoms with E-state index in [4.69, 9.17) is 37.6 Å². The highest BCUT2D eigenvalue weighted by Crippen LogP contribution is 2.47. The maximum absolute atomic E-state index is 6.92. The molecule has 126 heavy (non-hydrogen) atoms. The molecule has 0 radical (unpaired) electrons. The summed E-state index contributed by atoms with van der Waals surface area (Å²) in [6, 6.07) is 146. The molecule has 0 N–H and O–H groups in total. The van der Waals surface area contributed by atoms with E-state index >= 15 is 0 Å². The molecule has 0 aliphatic rings. The summed E-state index contributed by atoms with van der Waals surface area (Å²) in [5, 5.41) is 13.2. The zero-order valence-corrected chi connectivity index (χ0v) is 67.6. The quantitative estimate of drug-likeness (QED) is 0.112. The van der Waals surface area contributed by atoms with Gasteiger partial charge in [-0.25, -0.2) is 19.9 Å². The predicted molar refractivity (Wildman–Crippen MR) is 515 cm³/mol. The molecule has 0 bridgehead atoms. The topological polar surface area (TPSA) is 114 Å². The van der Waals surface area contributed by atoms with Crippen LogP contribution >= 0.6 is 0 Å². The van der Waals surface area contributed by atoms with E-state index in [0.29, 0.717) is 11.6 Å². The molecular formula is C116H68N6O4. The standard InChI is InChI=1S/C116H68N6O4/c1-2-22-70(23-3-1)115-117-97(67-99(119-115)93-31-8-17-37-105(93)121-101-33-13-4-24-83(101)84-25-5-14-34-102(84)121)81-58-77(72-49-54-110-95(62-72)89-30-12-21-41-109(89)123-110)56-78(59-81)73-50-55-111-96(63-73)92-53-46-74(64-114(92)126-111)69-42-44-71(45-43-69)116-118-98(68-100(120-116)94-32-9-18-38-106(94)122-103-35-15-6-26-85(103)86-27-7-16-36-104(86)122)82-60-79(75-47-51-90-87-28-10-19-39-107(87)124-112(90)65-75)57-80(61-82)76-48-52-91-88-29-11-20-40-108(88)125-113(91)66-76/h1-68H. The van der Waals surface area contributed by atoms with E-state index in [2.05, 4.69) is 367 Å². The Balaban J connectivity index is 0.598. The molecule has 586 valence electrons. The Morgan fingerprint density at radius 2 is 0.421 bits per heavy atom. The molecule has 0 spiro atoms. The first-order chi connectivity index (χ1) is 62.4. The molecule has 0 aliphatic heterocycles. The van der Waals surface area contributed by atoms with Gasteiger partial charge in [0.15, 0.2) is 11.6 Å². The van der Waals surface area contributed by atoms with Crippen LogP contribution < -0.4 is 0 Å². The zero-order chi connectivity index (χ0) is 82.6. The molecule has 26 rings (SSSR count). The van der Waals surface area contributed by atoms with E-state index in [1.165, 1.54) is 21.5 Å². The van der Waals surface area contributed by atoms with Crippen LogP contribution in [0.15, 0.2) is 430 Å². The lowest BCUT2D eigenvalue weighted by Crippen LogP contribution is -2.01. The van der Waals surface area contributed by atoms with Gasteiger partial charge < -0.3 is 26.8 Å². The lowest BCUT2D eigenvalue weighted by molar-refractivity contribution is 0.668. The molecule has 0 fully saturated rings. The third-order valence-electron chi connectivity index (χ3n) is 25.4. The summed E-state index contributed by atoms with van der Waals surface area (Å²) in [7, 11) is 0. The van der Waals surface area contributed by atoms with Crippen molar-refractivity contribution in [2.75, 3.05) is 0 Å². The number of rotatable bonds is 13. The van der Waals surface area contributed by atoms with Crippen LogP contribution in [0.2, 0.25) is 0 Å². The van der Waals surface area contributed by atoms with Gasteiger partial charge in [-0.2, -0.15) is 0 Å². The van der Waals surface area contributed by atoms with Crippen LogP contribution in [-0.4, -0.2) is 29.1 Å². The summed E-state index contributed by atoms with van der Waals surface area (Å²) in [4.78, 5) is 22.3. The van der Waals surface area contributed by atoms with Gasteiger partial charge in [-0.3, -0.25) is 0 Å². The third kappa shape index (κ3) is 11.6. The zero-order valence-electron chi connectivity index (χ0n) is 67.6. The average molecular weight is 1610 g/mol. The van der Waals surface area contributed by atoms with Crippen LogP contribution in [0.1, 0.15) is 0 Å². The molecule has 10 heteroatoms. The minimum atomic E-state index is 0.579. The highest BCUT2D eigenvalue weighted by atomic mass is 16.3. The Hall–Kier alpha value is -17.1. The van der Waals surface area contributed by atoms with Gasteiger partial charge in [0.2, 0.25) is 0 Å². The van der Waals surface area contributed by atoms with Crippen LogP contribution in [0.4, 0.5) is 0 Å². The Morgan fingerprint density at radius 1 is 0.151 bits per heavy atom. The minimum absolute atomic E-state index is 0.579. The molecule has 8 heterocycles. The van der Waals surface area contributed by atoms with Crippen molar-refractivity contribution < 1.29 is 17.7 Å². The molecule has 0 saturated heterocycles. The maximum Gasteiger partial charge on any atom is 0.160 e. The van der Waals surface area contributed by atoms with Crippen LogP contribution in [-0.2, 0) is 0 Å². The van der Waals surface area contributed by atoms with Gasteiger partial charge in [-0.05, 0) is 219 Å². The summed E-state index contributed by atoms with van der Waals surface area (Å²) < 4.78 is 31.2. The van der Waals surface area contributed by atoms with Crippen molar-refractivity contribution in [3.8, 4) is 135 Å². The number of hydrogen-bond acceptors (Lipinski definition) is 8. The van der Waals surface area contributed by atoms with Crippen molar-refractivity contribution in [2.24, 2.45) is 0 Å². The Labute approximate surface area is 720 Å². The second kappa shape index (κ2) is 28.3. The smallest absolute Gasteiger partial charge is 0.160 e. The Bertz CT molecular complexity index is 8770. The van der Waals surface area contributed by atoms with Crippen LogP contribution in [0.25, 0.3) is 266 Å². The van der Waals surface area contributed by atoms with E-state index in [1.807, 2.05) is 54.6 Å².